The van der Waals surface area contributed by atoms with Crippen molar-refractivity contribution in [3.63, 3.8) is 0 Å². The van der Waals surface area contributed by atoms with Crippen LogP contribution in [0, 0.1) is 5.82 Å². The number of aromatic nitrogens is 1. The van der Waals surface area contributed by atoms with Gasteiger partial charge >= 0.3 is 12.1 Å². The average molecular weight is 301 g/mol. The Morgan fingerprint density at radius 2 is 1.90 bits per heavy atom. The number of benzene rings is 1. The maximum absolute atomic E-state index is 13.3. The van der Waals surface area contributed by atoms with Crippen molar-refractivity contribution in [3.05, 3.63) is 47.4 Å². The third-order valence-corrected chi connectivity index (χ3v) is 3.08. The van der Waals surface area contributed by atoms with Gasteiger partial charge in [-0.05, 0) is 42.8 Å². The van der Waals surface area contributed by atoms with E-state index in [1.54, 1.807) is 6.92 Å². The van der Waals surface area contributed by atoms with Crippen molar-refractivity contribution in [3.8, 4) is 11.3 Å². The summed E-state index contributed by atoms with van der Waals surface area (Å²) < 4.78 is 52.8. The summed E-state index contributed by atoms with van der Waals surface area (Å²) in [7, 11) is 0. The Hall–Kier alpha value is -2.31. The first kappa shape index (κ1) is 15.1. The first-order valence-corrected chi connectivity index (χ1v) is 6.05. The molecule has 1 heterocycles. The Morgan fingerprint density at radius 3 is 2.43 bits per heavy atom. The van der Waals surface area contributed by atoms with Crippen LogP contribution in [0.15, 0.2) is 30.3 Å². The molecule has 3 nitrogen and oxygen atoms in total. The molecule has 0 unspecified atom stereocenters. The lowest BCUT2D eigenvalue weighted by Crippen LogP contribution is -2.10. The van der Waals surface area contributed by atoms with E-state index in [1.807, 2.05) is 0 Å². The largest absolute Gasteiger partial charge is 0.477 e. The van der Waals surface area contributed by atoms with E-state index in [0.717, 1.165) is 6.07 Å². The van der Waals surface area contributed by atoms with E-state index in [9.17, 15) is 22.4 Å². The molecule has 2 rings (SSSR count). The summed E-state index contributed by atoms with van der Waals surface area (Å²) in [4.78, 5) is 11.0. The molecule has 0 fully saturated rings. The molecule has 0 bridgehead atoms. The topological polar surface area (TPSA) is 42.2 Å². The van der Waals surface area contributed by atoms with Gasteiger partial charge in [-0.3, -0.25) is 0 Å². The van der Waals surface area contributed by atoms with Crippen LogP contribution in [-0.2, 0) is 12.7 Å². The fourth-order valence-corrected chi connectivity index (χ4v) is 2.15. The van der Waals surface area contributed by atoms with Crippen LogP contribution in [0.5, 0.6) is 0 Å². The van der Waals surface area contributed by atoms with Crippen LogP contribution in [0.2, 0.25) is 0 Å². The highest BCUT2D eigenvalue weighted by atomic mass is 19.4. The van der Waals surface area contributed by atoms with Gasteiger partial charge in [-0.1, -0.05) is 0 Å². The molecule has 1 aromatic heterocycles. The van der Waals surface area contributed by atoms with Gasteiger partial charge in [-0.2, -0.15) is 13.2 Å². The van der Waals surface area contributed by atoms with E-state index >= 15 is 0 Å². The molecule has 1 aromatic carbocycles. The Kier molecular flexibility index (Phi) is 3.76. The minimum Gasteiger partial charge on any atom is -0.477 e. The van der Waals surface area contributed by atoms with Crippen molar-refractivity contribution in [2.24, 2.45) is 0 Å². The molecule has 0 saturated carbocycles. The van der Waals surface area contributed by atoms with E-state index in [2.05, 4.69) is 0 Å². The van der Waals surface area contributed by atoms with Gasteiger partial charge in [0.1, 0.15) is 11.5 Å². The summed E-state index contributed by atoms with van der Waals surface area (Å²) in [6.45, 7) is 1.94. The van der Waals surface area contributed by atoms with Crippen LogP contribution in [0.3, 0.4) is 0 Å². The van der Waals surface area contributed by atoms with E-state index in [0.29, 0.717) is 11.8 Å². The first-order chi connectivity index (χ1) is 9.75. The maximum Gasteiger partial charge on any atom is 0.419 e. The first-order valence-electron chi connectivity index (χ1n) is 6.05. The molecule has 2 aromatic rings. The van der Waals surface area contributed by atoms with Crippen molar-refractivity contribution in [1.82, 2.24) is 4.57 Å². The van der Waals surface area contributed by atoms with Gasteiger partial charge in [0.05, 0.1) is 5.56 Å². The Balaban J connectivity index is 2.61. The summed E-state index contributed by atoms with van der Waals surface area (Å²) >= 11 is 0. The highest BCUT2D eigenvalue weighted by molar-refractivity contribution is 5.87. The lowest BCUT2D eigenvalue weighted by Gasteiger charge is -2.12. The summed E-state index contributed by atoms with van der Waals surface area (Å²) in [5, 5.41) is 9.02. The predicted molar refractivity (Wildman–Crippen MR) is 67.5 cm³/mol. The molecule has 0 saturated heterocycles. The minimum atomic E-state index is -4.81. The van der Waals surface area contributed by atoms with Gasteiger partial charge in [0.25, 0.3) is 0 Å². The van der Waals surface area contributed by atoms with Gasteiger partial charge < -0.3 is 9.67 Å². The number of rotatable bonds is 3. The molecule has 21 heavy (non-hydrogen) atoms. The fraction of sp³-hybridized carbons (Fsp3) is 0.214. The van der Waals surface area contributed by atoms with Crippen molar-refractivity contribution >= 4 is 5.97 Å². The number of carboxylic acids is 1. The van der Waals surface area contributed by atoms with E-state index in [4.69, 9.17) is 5.11 Å². The quantitative estimate of drug-likeness (QED) is 0.870. The van der Waals surface area contributed by atoms with Crippen LogP contribution in [0.4, 0.5) is 17.6 Å². The van der Waals surface area contributed by atoms with Crippen molar-refractivity contribution < 1.29 is 27.5 Å². The van der Waals surface area contributed by atoms with Crippen molar-refractivity contribution in [2.45, 2.75) is 19.6 Å². The highest BCUT2D eigenvalue weighted by Gasteiger charge is 2.34. The molecule has 0 aliphatic rings. The van der Waals surface area contributed by atoms with E-state index < -0.39 is 23.5 Å². The minimum absolute atomic E-state index is 0.0367. The molecule has 7 heteroatoms. The Labute approximate surface area is 117 Å². The fourth-order valence-electron chi connectivity index (χ4n) is 2.15. The maximum atomic E-state index is 13.3. The van der Waals surface area contributed by atoms with Crippen LogP contribution in [-0.4, -0.2) is 15.6 Å². The number of hydrogen-bond donors (Lipinski definition) is 1. The average Bonchev–Trinajstić information content (AvgIpc) is 2.81. The van der Waals surface area contributed by atoms with Gasteiger partial charge in [0, 0.05) is 12.2 Å². The lowest BCUT2D eigenvalue weighted by atomic mass is 10.1. The standard InChI is InChI=1S/C14H11F4NO2/c1-2-19-11(5-6-12(19)13(20)21)8-3-4-10(15)9(7-8)14(16,17)18/h3-7H,2H2,1H3,(H,20,21). The third kappa shape index (κ3) is 2.76. The Bertz CT molecular complexity index is 689. The second kappa shape index (κ2) is 5.23. The van der Waals surface area contributed by atoms with Crippen LogP contribution >= 0.6 is 0 Å². The molecule has 0 spiro atoms. The molecule has 1 N–H and O–H groups in total. The number of hydrogen-bond acceptors (Lipinski definition) is 1. The zero-order chi connectivity index (χ0) is 15.8. The summed E-state index contributed by atoms with van der Waals surface area (Å²) in [5.41, 5.74) is -1.01. The summed E-state index contributed by atoms with van der Waals surface area (Å²) in [6.07, 6.45) is -4.81. The normalized spacial score (nSPS) is 11.7. The molecular weight excluding hydrogens is 290 g/mol. The second-order valence-corrected chi connectivity index (χ2v) is 4.35. The summed E-state index contributed by atoms with van der Waals surface area (Å²) in [6, 6.07) is 5.31. The second-order valence-electron chi connectivity index (χ2n) is 4.35. The molecule has 0 aliphatic carbocycles. The van der Waals surface area contributed by atoms with Crippen LogP contribution in [0.25, 0.3) is 11.3 Å². The molecule has 0 atom stereocenters. The zero-order valence-electron chi connectivity index (χ0n) is 10.9. The third-order valence-electron chi connectivity index (χ3n) is 3.08. The molecular formula is C14H11F4NO2. The number of aromatic carboxylic acids is 1. The van der Waals surface area contributed by atoms with Crippen LogP contribution < -0.4 is 0 Å². The SMILES string of the molecule is CCn1c(C(=O)O)ccc1-c1ccc(F)c(C(F)(F)F)c1. The smallest absolute Gasteiger partial charge is 0.419 e. The van der Waals surface area contributed by atoms with Gasteiger partial charge in [-0.25, -0.2) is 9.18 Å². The van der Waals surface area contributed by atoms with Gasteiger partial charge in [0.15, 0.2) is 0 Å². The van der Waals surface area contributed by atoms with Crippen molar-refractivity contribution in [2.75, 3.05) is 0 Å². The number of alkyl halides is 3. The van der Waals surface area contributed by atoms with Gasteiger partial charge in [-0.15, -0.1) is 0 Å². The highest BCUT2D eigenvalue weighted by Crippen LogP contribution is 2.34. The van der Waals surface area contributed by atoms with Gasteiger partial charge in [0.2, 0.25) is 0 Å². The molecule has 0 aliphatic heterocycles. The zero-order valence-corrected chi connectivity index (χ0v) is 10.9. The Morgan fingerprint density at radius 1 is 1.24 bits per heavy atom. The number of carboxylic acid groups (broad SMARTS) is 1. The summed E-state index contributed by atoms with van der Waals surface area (Å²) in [5.74, 6) is -2.54. The molecule has 112 valence electrons. The van der Waals surface area contributed by atoms with E-state index in [-0.39, 0.29) is 17.8 Å². The predicted octanol–water partition coefficient (Wildman–Crippen LogP) is 4.03. The van der Waals surface area contributed by atoms with Crippen molar-refractivity contribution in [1.29, 1.82) is 0 Å². The lowest BCUT2D eigenvalue weighted by molar-refractivity contribution is -0.139. The molecule has 0 radical (unpaired) electrons. The van der Waals surface area contributed by atoms with Crippen LogP contribution in [0.1, 0.15) is 23.0 Å². The molecule has 0 amide bonds. The number of halogens is 4. The number of carbonyl (C=O) groups is 1. The van der Waals surface area contributed by atoms with E-state index in [1.165, 1.54) is 22.8 Å². The number of nitrogens with zero attached hydrogens (tertiary/aromatic N) is 1. The monoisotopic (exact) mass is 301 g/mol.